The van der Waals surface area contributed by atoms with E-state index in [1.165, 1.54) is 4.90 Å². The van der Waals surface area contributed by atoms with Gasteiger partial charge in [-0.15, -0.1) is 0 Å². The molecule has 1 aliphatic heterocycles. The van der Waals surface area contributed by atoms with Crippen molar-refractivity contribution < 1.29 is 24.3 Å². The van der Waals surface area contributed by atoms with Crippen LogP contribution in [-0.4, -0.2) is 47.5 Å². The Labute approximate surface area is 169 Å². The minimum absolute atomic E-state index is 0.179. The van der Waals surface area contributed by atoms with Crippen LogP contribution < -0.4 is 20.9 Å². The summed E-state index contributed by atoms with van der Waals surface area (Å²) in [5.41, 5.74) is 1.03. The molecule has 0 aromatic heterocycles. The highest BCUT2D eigenvalue weighted by Gasteiger charge is 2.34. The van der Waals surface area contributed by atoms with Crippen LogP contribution in [0.5, 0.6) is 0 Å². The van der Waals surface area contributed by atoms with Crippen molar-refractivity contribution >= 4 is 35.2 Å². The van der Waals surface area contributed by atoms with E-state index in [0.717, 1.165) is 0 Å². The minimum atomic E-state index is -1.13. The number of carbonyl (C=O) groups excluding carboxylic acids is 3. The Hall–Kier alpha value is -3.10. The second-order valence-corrected chi connectivity index (χ2v) is 7.53. The molecule has 1 aliphatic rings. The number of hydrogen-bond donors (Lipinski definition) is 4. The number of fused-ring (bicyclic) bond motifs is 1. The summed E-state index contributed by atoms with van der Waals surface area (Å²) in [7, 11) is 0. The molecule has 1 aromatic rings. The number of nitrogens with one attached hydrogen (secondary N) is 3. The fourth-order valence-corrected chi connectivity index (χ4v) is 3.08. The Morgan fingerprint density at radius 2 is 1.79 bits per heavy atom. The van der Waals surface area contributed by atoms with Gasteiger partial charge in [-0.1, -0.05) is 46.2 Å². The average Bonchev–Trinajstić information content (AvgIpc) is 2.67. The van der Waals surface area contributed by atoms with Crippen LogP contribution in [0.2, 0.25) is 0 Å². The molecular formula is C20H28N4O5. The number of carbonyl (C=O) groups is 4. The Morgan fingerprint density at radius 3 is 2.38 bits per heavy atom. The molecule has 3 atom stereocenters. The summed E-state index contributed by atoms with van der Waals surface area (Å²) >= 11 is 0. The summed E-state index contributed by atoms with van der Waals surface area (Å²) < 4.78 is 0. The third kappa shape index (κ3) is 5.24. The summed E-state index contributed by atoms with van der Waals surface area (Å²) in [6, 6.07) is 4.28. The lowest BCUT2D eigenvalue weighted by Crippen LogP contribution is -2.58. The molecule has 4 N–H and O–H groups in total. The highest BCUT2D eigenvalue weighted by molar-refractivity contribution is 6.10. The number of rotatable bonds is 7. The maximum absolute atomic E-state index is 12.9. The lowest BCUT2D eigenvalue weighted by atomic mass is 9.97. The molecular weight excluding hydrogens is 376 g/mol. The molecule has 0 bridgehead atoms. The van der Waals surface area contributed by atoms with E-state index in [9.17, 15) is 24.3 Å². The second-order valence-electron chi connectivity index (χ2n) is 7.53. The zero-order valence-electron chi connectivity index (χ0n) is 17.1. The molecule has 0 fully saturated rings. The van der Waals surface area contributed by atoms with E-state index in [2.05, 4.69) is 16.0 Å². The number of carboxylic acids is 1. The highest BCUT2D eigenvalue weighted by atomic mass is 16.4. The molecule has 4 amide bonds. The lowest BCUT2D eigenvalue weighted by Gasteiger charge is -2.32. The van der Waals surface area contributed by atoms with Crippen molar-refractivity contribution in [3.63, 3.8) is 0 Å². The van der Waals surface area contributed by atoms with Gasteiger partial charge in [0.05, 0.1) is 11.4 Å². The zero-order valence-corrected chi connectivity index (χ0v) is 17.1. The summed E-state index contributed by atoms with van der Waals surface area (Å²) in [6.45, 7) is 6.88. The van der Waals surface area contributed by atoms with E-state index in [1.807, 2.05) is 6.92 Å². The van der Waals surface area contributed by atoms with Crippen molar-refractivity contribution in [2.45, 2.75) is 46.2 Å². The third-order valence-corrected chi connectivity index (χ3v) is 5.02. The summed E-state index contributed by atoms with van der Waals surface area (Å²) in [5.74, 6) is -2.60. The van der Waals surface area contributed by atoms with Gasteiger partial charge in [-0.05, 0) is 24.0 Å². The van der Waals surface area contributed by atoms with Gasteiger partial charge in [0.2, 0.25) is 11.8 Å². The van der Waals surface area contributed by atoms with Crippen molar-refractivity contribution in [1.29, 1.82) is 0 Å². The molecule has 0 saturated heterocycles. The lowest BCUT2D eigenvalue weighted by molar-refractivity contribution is -0.143. The topological polar surface area (TPSA) is 128 Å². The van der Waals surface area contributed by atoms with Gasteiger partial charge < -0.3 is 21.1 Å². The fourth-order valence-electron chi connectivity index (χ4n) is 3.08. The number of carboxylic acid groups (broad SMARTS) is 1. The van der Waals surface area contributed by atoms with Gasteiger partial charge in [-0.2, -0.15) is 0 Å². The van der Waals surface area contributed by atoms with Gasteiger partial charge >= 0.3 is 12.0 Å². The van der Waals surface area contributed by atoms with Crippen molar-refractivity contribution in [3.05, 3.63) is 24.3 Å². The quantitative estimate of drug-likeness (QED) is 0.551. The summed E-state index contributed by atoms with van der Waals surface area (Å²) in [5, 5.41) is 17.2. The van der Waals surface area contributed by atoms with Gasteiger partial charge in [0.1, 0.15) is 18.6 Å². The number of hydrogen-bond acceptors (Lipinski definition) is 4. The smallest absolute Gasteiger partial charge is 0.326 e. The SMILES string of the molecule is CC[C@H](C)[C@H](NC(=O)N1CC(=O)Nc2ccccc21)C(=O)N[C@@H](C(=O)O)C(C)C. The van der Waals surface area contributed by atoms with E-state index in [0.29, 0.717) is 17.8 Å². The Kier molecular flexibility index (Phi) is 7.19. The van der Waals surface area contributed by atoms with Crippen LogP contribution in [0.3, 0.4) is 0 Å². The van der Waals surface area contributed by atoms with Gasteiger partial charge in [0.25, 0.3) is 0 Å². The van der Waals surface area contributed by atoms with E-state index in [-0.39, 0.29) is 24.3 Å². The molecule has 29 heavy (non-hydrogen) atoms. The maximum Gasteiger partial charge on any atom is 0.326 e. The first kappa shape index (κ1) is 22.2. The van der Waals surface area contributed by atoms with E-state index in [4.69, 9.17) is 0 Å². The van der Waals surface area contributed by atoms with Crippen molar-refractivity contribution in [2.24, 2.45) is 11.8 Å². The van der Waals surface area contributed by atoms with Crippen LogP contribution in [0.4, 0.5) is 16.2 Å². The predicted octanol–water partition coefficient (Wildman–Crippen LogP) is 1.79. The molecule has 0 spiro atoms. The second kappa shape index (κ2) is 9.40. The third-order valence-electron chi connectivity index (χ3n) is 5.02. The van der Waals surface area contributed by atoms with Gasteiger partial charge in [0, 0.05) is 0 Å². The first-order chi connectivity index (χ1) is 13.6. The molecule has 9 nitrogen and oxygen atoms in total. The highest BCUT2D eigenvalue weighted by Crippen LogP contribution is 2.29. The van der Waals surface area contributed by atoms with E-state index < -0.39 is 30.0 Å². The monoisotopic (exact) mass is 404 g/mol. The van der Waals surface area contributed by atoms with Crippen LogP contribution in [0.25, 0.3) is 0 Å². The summed E-state index contributed by atoms with van der Waals surface area (Å²) in [4.78, 5) is 50.4. The fraction of sp³-hybridized carbons (Fsp3) is 0.500. The molecule has 9 heteroatoms. The number of anilines is 2. The number of urea groups is 1. The number of nitrogens with zero attached hydrogens (tertiary/aromatic N) is 1. The molecule has 0 radical (unpaired) electrons. The molecule has 0 saturated carbocycles. The van der Waals surface area contributed by atoms with Gasteiger partial charge in [-0.3, -0.25) is 14.5 Å². The Balaban J connectivity index is 2.22. The van der Waals surface area contributed by atoms with Crippen LogP contribution in [0.1, 0.15) is 34.1 Å². The van der Waals surface area contributed by atoms with E-state index in [1.54, 1.807) is 45.0 Å². The van der Waals surface area contributed by atoms with Crippen molar-refractivity contribution in [3.8, 4) is 0 Å². The normalized spacial score (nSPS) is 16.3. The Bertz CT molecular complexity index is 795. The zero-order chi connectivity index (χ0) is 21.7. The maximum atomic E-state index is 12.9. The number of amides is 4. The van der Waals surface area contributed by atoms with Crippen LogP contribution in [0.15, 0.2) is 24.3 Å². The number of para-hydroxylation sites is 2. The van der Waals surface area contributed by atoms with E-state index >= 15 is 0 Å². The number of benzene rings is 1. The first-order valence-corrected chi connectivity index (χ1v) is 9.65. The summed E-state index contributed by atoms with van der Waals surface area (Å²) in [6.07, 6.45) is 0.592. The van der Waals surface area contributed by atoms with Crippen molar-refractivity contribution in [1.82, 2.24) is 10.6 Å². The molecule has 1 heterocycles. The van der Waals surface area contributed by atoms with Gasteiger partial charge in [0.15, 0.2) is 0 Å². The molecule has 158 valence electrons. The molecule has 1 aromatic carbocycles. The van der Waals surface area contributed by atoms with Crippen LogP contribution in [0, 0.1) is 11.8 Å². The minimum Gasteiger partial charge on any atom is -0.480 e. The largest absolute Gasteiger partial charge is 0.480 e. The van der Waals surface area contributed by atoms with Gasteiger partial charge in [-0.25, -0.2) is 9.59 Å². The van der Waals surface area contributed by atoms with Crippen LogP contribution in [-0.2, 0) is 14.4 Å². The molecule has 0 aliphatic carbocycles. The Morgan fingerprint density at radius 1 is 1.14 bits per heavy atom. The average molecular weight is 404 g/mol. The first-order valence-electron chi connectivity index (χ1n) is 9.65. The van der Waals surface area contributed by atoms with Crippen LogP contribution >= 0.6 is 0 Å². The number of aliphatic carboxylic acids is 1. The molecule has 2 rings (SSSR count). The van der Waals surface area contributed by atoms with Crippen molar-refractivity contribution in [2.75, 3.05) is 16.8 Å². The molecule has 0 unspecified atom stereocenters. The standard InChI is InChI=1S/C20H28N4O5/c1-5-12(4)17(18(26)22-16(11(2)3)19(27)28)23-20(29)24-10-15(25)21-13-8-6-7-9-14(13)24/h6-9,11-12,16-17H,5,10H2,1-4H3,(H,21,25)(H,22,26)(H,23,29)(H,27,28)/t12-,16+,17-/m0/s1. The predicted molar refractivity (Wildman–Crippen MR) is 109 cm³/mol.